The molecule has 8 heteroatoms. The van der Waals surface area contributed by atoms with Gasteiger partial charge in [-0.25, -0.2) is 0 Å². The molecule has 1 aliphatic rings. The molecule has 1 heterocycles. The highest BCUT2D eigenvalue weighted by Crippen LogP contribution is 2.27. The molecule has 0 aliphatic carbocycles. The molecule has 6 nitrogen and oxygen atoms in total. The van der Waals surface area contributed by atoms with Gasteiger partial charge in [-0.1, -0.05) is 11.6 Å². The van der Waals surface area contributed by atoms with Crippen molar-refractivity contribution in [2.75, 3.05) is 6.61 Å². The van der Waals surface area contributed by atoms with Crippen LogP contribution in [0.5, 0.6) is 5.75 Å². The summed E-state index contributed by atoms with van der Waals surface area (Å²) in [5.74, 6) is -0.789. The number of carbonyl (C=O) groups excluding carboxylic acids is 3. The van der Waals surface area contributed by atoms with Crippen molar-refractivity contribution in [2.24, 2.45) is 0 Å². The SMILES string of the molecule is O=C1CCC(NC(=O)COc2ccc(Cl)cc2Br)C(=O)N1. The number of hydrogen-bond acceptors (Lipinski definition) is 4. The lowest BCUT2D eigenvalue weighted by Crippen LogP contribution is -2.53. The Kier molecular flexibility index (Phi) is 5.19. The second kappa shape index (κ2) is 6.91. The van der Waals surface area contributed by atoms with E-state index in [9.17, 15) is 14.4 Å². The van der Waals surface area contributed by atoms with Crippen molar-refractivity contribution in [3.63, 3.8) is 0 Å². The molecule has 1 aromatic rings. The van der Waals surface area contributed by atoms with Gasteiger partial charge in [0.25, 0.3) is 5.91 Å². The molecule has 0 bridgehead atoms. The number of carbonyl (C=O) groups is 3. The number of piperidine rings is 1. The second-order valence-electron chi connectivity index (χ2n) is 4.43. The number of hydrogen-bond donors (Lipinski definition) is 2. The molecule has 2 N–H and O–H groups in total. The summed E-state index contributed by atoms with van der Waals surface area (Å²) in [6.07, 6.45) is 0.501. The van der Waals surface area contributed by atoms with Gasteiger partial charge in [0.1, 0.15) is 11.8 Å². The van der Waals surface area contributed by atoms with Crippen molar-refractivity contribution in [3.05, 3.63) is 27.7 Å². The quantitative estimate of drug-likeness (QED) is 0.779. The number of benzene rings is 1. The number of rotatable bonds is 4. The molecule has 21 heavy (non-hydrogen) atoms. The topological polar surface area (TPSA) is 84.5 Å². The highest BCUT2D eigenvalue weighted by atomic mass is 79.9. The smallest absolute Gasteiger partial charge is 0.258 e. The third kappa shape index (κ3) is 4.44. The van der Waals surface area contributed by atoms with Crippen LogP contribution in [0.3, 0.4) is 0 Å². The van der Waals surface area contributed by atoms with E-state index in [1.54, 1.807) is 18.2 Å². The first-order chi connectivity index (χ1) is 9.95. The van der Waals surface area contributed by atoms with E-state index in [4.69, 9.17) is 16.3 Å². The fourth-order valence-corrected chi connectivity index (χ4v) is 2.60. The van der Waals surface area contributed by atoms with Crippen molar-refractivity contribution in [1.82, 2.24) is 10.6 Å². The van der Waals surface area contributed by atoms with E-state index < -0.39 is 17.9 Å². The van der Waals surface area contributed by atoms with Crippen LogP contribution < -0.4 is 15.4 Å². The van der Waals surface area contributed by atoms with Crippen molar-refractivity contribution in [3.8, 4) is 5.75 Å². The van der Waals surface area contributed by atoms with Crippen molar-refractivity contribution < 1.29 is 19.1 Å². The summed E-state index contributed by atoms with van der Waals surface area (Å²) in [6, 6.07) is 4.22. The monoisotopic (exact) mass is 374 g/mol. The molecule has 1 aromatic carbocycles. The molecule has 2 rings (SSSR count). The average molecular weight is 376 g/mol. The summed E-state index contributed by atoms with van der Waals surface area (Å²) in [4.78, 5) is 34.2. The zero-order valence-electron chi connectivity index (χ0n) is 10.8. The van der Waals surface area contributed by atoms with Gasteiger partial charge in [-0.15, -0.1) is 0 Å². The van der Waals surface area contributed by atoms with Crippen LogP contribution >= 0.6 is 27.5 Å². The number of imide groups is 1. The van der Waals surface area contributed by atoms with Crippen molar-refractivity contribution >= 4 is 45.3 Å². The lowest BCUT2D eigenvalue weighted by Gasteiger charge is -2.21. The summed E-state index contributed by atoms with van der Waals surface area (Å²) < 4.78 is 5.96. The maximum absolute atomic E-state index is 11.7. The van der Waals surface area contributed by atoms with E-state index >= 15 is 0 Å². The lowest BCUT2D eigenvalue weighted by molar-refractivity contribution is -0.137. The number of ether oxygens (including phenoxy) is 1. The second-order valence-corrected chi connectivity index (χ2v) is 5.73. The largest absolute Gasteiger partial charge is 0.483 e. The minimum atomic E-state index is -0.701. The van der Waals surface area contributed by atoms with Crippen LogP contribution in [0.4, 0.5) is 0 Å². The van der Waals surface area contributed by atoms with Gasteiger partial charge < -0.3 is 10.1 Å². The molecule has 1 aliphatic heterocycles. The molecule has 0 radical (unpaired) electrons. The van der Waals surface area contributed by atoms with Crippen LogP contribution in [0.15, 0.2) is 22.7 Å². The Bertz CT molecular complexity index is 594. The third-order valence-electron chi connectivity index (χ3n) is 2.83. The summed E-state index contributed by atoms with van der Waals surface area (Å²) in [5, 5.41) is 5.23. The average Bonchev–Trinajstić information content (AvgIpc) is 2.41. The van der Waals surface area contributed by atoms with Gasteiger partial charge in [0, 0.05) is 11.4 Å². The normalized spacial score (nSPS) is 18.1. The minimum absolute atomic E-state index is 0.209. The Morgan fingerprint density at radius 1 is 1.48 bits per heavy atom. The van der Waals surface area contributed by atoms with Crippen LogP contribution in [-0.4, -0.2) is 30.4 Å². The number of nitrogens with one attached hydrogen (secondary N) is 2. The molecule has 0 aromatic heterocycles. The van der Waals surface area contributed by atoms with Gasteiger partial charge in [-0.3, -0.25) is 19.7 Å². The number of halogens is 2. The summed E-state index contributed by atoms with van der Waals surface area (Å²) in [6.45, 7) is -0.238. The van der Waals surface area contributed by atoms with Crippen LogP contribution in [0.25, 0.3) is 0 Å². The lowest BCUT2D eigenvalue weighted by atomic mass is 10.1. The van der Waals surface area contributed by atoms with Crippen LogP contribution in [0.1, 0.15) is 12.8 Å². The van der Waals surface area contributed by atoms with E-state index in [1.807, 2.05) is 0 Å². The Morgan fingerprint density at radius 2 is 2.24 bits per heavy atom. The van der Waals surface area contributed by atoms with Crippen LogP contribution in [0, 0.1) is 0 Å². The summed E-state index contributed by atoms with van der Waals surface area (Å²) >= 11 is 9.07. The van der Waals surface area contributed by atoms with E-state index in [0.717, 1.165) is 0 Å². The zero-order chi connectivity index (χ0) is 15.4. The molecular formula is C13H12BrClN2O4. The molecule has 0 spiro atoms. The molecule has 1 unspecified atom stereocenters. The Labute approximate surface area is 134 Å². The molecule has 1 fully saturated rings. The zero-order valence-corrected chi connectivity index (χ0v) is 13.2. The predicted molar refractivity (Wildman–Crippen MR) is 79.0 cm³/mol. The Balaban J connectivity index is 1.85. The maximum atomic E-state index is 11.7. The van der Waals surface area contributed by atoms with E-state index in [2.05, 4.69) is 26.6 Å². The number of amides is 3. The van der Waals surface area contributed by atoms with Gasteiger partial charge >= 0.3 is 0 Å². The minimum Gasteiger partial charge on any atom is -0.483 e. The van der Waals surface area contributed by atoms with Gasteiger partial charge in [0.2, 0.25) is 11.8 Å². The van der Waals surface area contributed by atoms with Gasteiger partial charge in [-0.2, -0.15) is 0 Å². The highest BCUT2D eigenvalue weighted by molar-refractivity contribution is 9.10. The van der Waals surface area contributed by atoms with Crippen molar-refractivity contribution in [2.45, 2.75) is 18.9 Å². The van der Waals surface area contributed by atoms with Gasteiger partial charge in [-0.05, 0) is 40.5 Å². The molecular weight excluding hydrogens is 364 g/mol. The van der Waals surface area contributed by atoms with Crippen molar-refractivity contribution in [1.29, 1.82) is 0 Å². The predicted octanol–water partition coefficient (Wildman–Crippen LogP) is 1.40. The van der Waals surface area contributed by atoms with E-state index in [1.165, 1.54) is 0 Å². The fraction of sp³-hybridized carbons (Fsp3) is 0.308. The van der Waals surface area contributed by atoms with Gasteiger partial charge in [0.15, 0.2) is 6.61 Å². The third-order valence-corrected chi connectivity index (χ3v) is 3.68. The van der Waals surface area contributed by atoms with Crippen LogP contribution in [-0.2, 0) is 14.4 Å². The molecule has 1 atom stereocenters. The van der Waals surface area contributed by atoms with E-state index in [0.29, 0.717) is 21.7 Å². The fourth-order valence-electron chi connectivity index (χ4n) is 1.80. The Hall–Kier alpha value is -1.60. The van der Waals surface area contributed by atoms with Gasteiger partial charge in [0.05, 0.1) is 4.47 Å². The van der Waals surface area contributed by atoms with E-state index in [-0.39, 0.29) is 18.9 Å². The first-order valence-corrected chi connectivity index (χ1v) is 7.33. The first kappa shape index (κ1) is 15.8. The Morgan fingerprint density at radius 3 is 2.90 bits per heavy atom. The molecule has 112 valence electrons. The molecule has 0 saturated carbocycles. The maximum Gasteiger partial charge on any atom is 0.258 e. The standard InChI is InChI=1S/C13H12BrClN2O4/c14-8-5-7(15)1-3-10(8)21-6-12(19)16-9-2-4-11(18)17-13(9)20/h1,3,5,9H,2,4,6H2,(H,16,19)(H,17,18,20). The molecule has 1 saturated heterocycles. The van der Waals surface area contributed by atoms with Crippen LogP contribution in [0.2, 0.25) is 5.02 Å². The summed E-state index contributed by atoms with van der Waals surface area (Å²) in [5.41, 5.74) is 0. The molecule has 3 amide bonds. The first-order valence-electron chi connectivity index (χ1n) is 6.16. The summed E-state index contributed by atoms with van der Waals surface area (Å²) in [7, 11) is 0. The highest BCUT2D eigenvalue weighted by Gasteiger charge is 2.27.